The summed E-state index contributed by atoms with van der Waals surface area (Å²) in [5.74, 6) is -0.601. The van der Waals surface area contributed by atoms with Gasteiger partial charge in [0, 0.05) is 25.2 Å². The van der Waals surface area contributed by atoms with Crippen molar-refractivity contribution >= 4 is 15.9 Å². The zero-order valence-electron chi connectivity index (χ0n) is 16.7. The average molecular weight is 407 g/mol. The van der Waals surface area contributed by atoms with Gasteiger partial charge in [0.1, 0.15) is 5.82 Å². The van der Waals surface area contributed by atoms with Crippen molar-refractivity contribution in [2.24, 2.45) is 0 Å². The van der Waals surface area contributed by atoms with E-state index in [1.54, 1.807) is 43.0 Å². The second-order valence-electron chi connectivity index (χ2n) is 6.44. The van der Waals surface area contributed by atoms with Crippen molar-refractivity contribution in [1.82, 2.24) is 9.21 Å². The number of amides is 1. The van der Waals surface area contributed by atoms with Crippen molar-refractivity contribution in [1.29, 1.82) is 0 Å². The van der Waals surface area contributed by atoms with Crippen LogP contribution in [-0.4, -0.2) is 43.2 Å². The summed E-state index contributed by atoms with van der Waals surface area (Å²) in [6, 6.07) is 11.9. The third kappa shape index (κ3) is 4.59. The van der Waals surface area contributed by atoms with Crippen molar-refractivity contribution in [3.05, 3.63) is 65.5 Å². The molecule has 7 heteroatoms. The maximum absolute atomic E-state index is 13.2. The van der Waals surface area contributed by atoms with Crippen LogP contribution in [-0.2, 0) is 10.0 Å². The summed E-state index contributed by atoms with van der Waals surface area (Å²) >= 11 is 0. The molecule has 0 radical (unpaired) electrons. The SMILES string of the molecule is CCN(C(=O)c1cccc(S(=O)(=O)N(CC)CC)c1)C(C)c1ccc(F)cc1. The fraction of sp³-hybridized carbons (Fsp3) is 0.381. The van der Waals surface area contributed by atoms with E-state index in [4.69, 9.17) is 0 Å². The predicted octanol–water partition coefficient (Wildman–Crippen LogP) is 4.08. The van der Waals surface area contributed by atoms with Crippen LogP contribution in [0.25, 0.3) is 0 Å². The van der Waals surface area contributed by atoms with Crippen LogP contribution in [0.15, 0.2) is 53.4 Å². The molecule has 0 saturated carbocycles. The van der Waals surface area contributed by atoms with Gasteiger partial charge in [-0.15, -0.1) is 0 Å². The highest BCUT2D eigenvalue weighted by atomic mass is 32.2. The van der Waals surface area contributed by atoms with Gasteiger partial charge >= 0.3 is 0 Å². The molecule has 0 heterocycles. The van der Waals surface area contributed by atoms with Gasteiger partial charge in [-0.1, -0.05) is 32.0 Å². The smallest absolute Gasteiger partial charge is 0.254 e. The summed E-state index contributed by atoms with van der Waals surface area (Å²) in [4.78, 5) is 14.8. The Labute approximate surface area is 166 Å². The number of halogens is 1. The van der Waals surface area contributed by atoms with E-state index in [0.29, 0.717) is 25.2 Å². The summed E-state index contributed by atoms with van der Waals surface area (Å²) in [5, 5.41) is 0. The molecule has 0 saturated heterocycles. The van der Waals surface area contributed by atoms with Gasteiger partial charge in [0.15, 0.2) is 0 Å². The van der Waals surface area contributed by atoms with Crippen LogP contribution in [0.4, 0.5) is 4.39 Å². The molecule has 2 aromatic rings. The van der Waals surface area contributed by atoms with Gasteiger partial charge in [0.05, 0.1) is 10.9 Å². The van der Waals surface area contributed by atoms with Gasteiger partial charge in [0.25, 0.3) is 5.91 Å². The minimum atomic E-state index is -3.65. The summed E-state index contributed by atoms with van der Waals surface area (Å²) in [5.41, 5.74) is 1.12. The Morgan fingerprint density at radius 3 is 2.14 bits per heavy atom. The number of hydrogen-bond donors (Lipinski definition) is 0. The topological polar surface area (TPSA) is 57.7 Å². The van der Waals surface area contributed by atoms with E-state index in [9.17, 15) is 17.6 Å². The zero-order valence-corrected chi connectivity index (χ0v) is 17.5. The Hall–Kier alpha value is -2.25. The van der Waals surface area contributed by atoms with Crippen molar-refractivity contribution in [2.75, 3.05) is 19.6 Å². The van der Waals surface area contributed by atoms with E-state index in [2.05, 4.69) is 0 Å². The van der Waals surface area contributed by atoms with Crippen molar-refractivity contribution < 1.29 is 17.6 Å². The van der Waals surface area contributed by atoms with Gasteiger partial charge in [-0.25, -0.2) is 12.8 Å². The highest BCUT2D eigenvalue weighted by molar-refractivity contribution is 7.89. The summed E-state index contributed by atoms with van der Waals surface area (Å²) in [6.45, 7) is 8.43. The van der Waals surface area contributed by atoms with Crippen LogP contribution in [0, 0.1) is 5.82 Å². The predicted molar refractivity (Wildman–Crippen MR) is 108 cm³/mol. The Morgan fingerprint density at radius 2 is 1.61 bits per heavy atom. The maximum Gasteiger partial charge on any atom is 0.254 e. The second-order valence-corrected chi connectivity index (χ2v) is 8.37. The van der Waals surface area contributed by atoms with Gasteiger partial charge in [-0.2, -0.15) is 4.31 Å². The third-order valence-electron chi connectivity index (χ3n) is 4.85. The molecular formula is C21H27FN2O3S. The highest BCUT2D eigenvalue weighted by Crippen LogP contribution is 2.24. The third-order valence-corrected chi connectivity index (χ3v) is 6.89. The molecule has 0 aliphatic rings. The molecule has 1 amide bonds. The average Bonchev–Trinajstić information content (AvgIpc) is 2.69. The minimum absolute atomic E-state index is 0.104. The molecule has 152 valence electrons. The minimum Gasteiger partial charge on any atom is -0.332 e. The van der Waals surface area contributed by atoms with Gasteiger partial charge in [-0.05, 0) is 49.7 Å². The lowest BCUT2D eigenvalue weighted by molar-refractivity contribution is 0.0702. The van der Waals surface area contributed by atoms with Gasteiger partial charge in [0.2, 0.25) is 10.0 Å². The molecule has 0 bridgehead atoms. The highest BCUT2D eigenvalue weighted by Gasteiger charge is 2.25. The lowest BCUT2D eigenvalue weighted by Crippen LogP contribution is -2.34. The summed E-state index contributed by atoms with van der Waals surface area (Å²) in [6.07, 6.45) is 0. The Kier molecular flexibility index (Phi) is 7.32. The Balaban J connectivity index is 2.35. The molecule has 1 unspecified atom stereocenters. The van der Waals surface area contributed by atoms with Gasteiger partial charge in [-0.3, -0.25) is 4.79 Å². The van der Waals surface area contributed by atoms with Crippen molar-refractivity contribution in [3.8, 4) is 0 Å². The number of nitrogens with zero attached hydrogens (tertiary/aromatic N) is 2. The van der Waals surface area contributed by atoms with E-state index >= 15 is 0 Å². The molecule has 0 aromatic heterocycles. The largest absolute Gasteiger partial charge is 0.332 e. The van der Waals surface area contributed by atoms with E-state index in [1.165, 1.54) is 28.6 Å². The first-order valence-electron chi connectivity index (χ1n) is 9.42. The van der Waals surface area contributed by atoms with E-state index < -0.39 is 10.0 Å². The molecule has 0 aliphatic carbocycles. The molecule has 1 atom stereocenters. The first kappa shape index (κ1) is 22.0. The number of sulfonamides is 1. The van der Waals surface area contributed by atoms with Crippen LogP contribution >= 0.6 is 0 Å². The molecule has 2 rings (SSSR count). The van der Waals surface area contributed by atoms with Crippen LogP contribution in [0.3, 0.4) is 0 Å². The van der Waals surface area contributed by atoms with Gasteiger partial charge < -0.3 is 4.90 Å². The molecule has 0 fully saturated rings. The van der Waals surface area contributed by atoms with Crippen LogP contribution in [0.2, 0.25) is 0 Å². The lowest BCUT2D eigenvalue weighted by atomic mass is 10.1. The van der Waals surface area contributed by atoms with Crippen molar-refractivity contribution in [2.45, 2.75) is 38.6 Å². The zero-order chi connectivity index (χ0) is 20.9. The molecular weight excluding hydrogens is 379 g/mol. The Morgan fingerprint density at radius 1 is 1.00 bits per heavy atom. The first-order valence-corrected chi connectivity index (χ1v) is 10.9. The number of benzene rings is 2. The van der Waals surface area contributed by atoms with E-state index in [0.717, 1.165) is 5.56 Å². The molecule has 0 N–H and O–H groups in total. The quantitative estimate of drug-likeness (QED) is 0.664. The first-order chi connectivity index (χ1) is 13.3. The number of carbonyl (C=O) groups excluding carboxylic acids is 1. The van der Waals surface area contributed by atoms with Crippen LogP contribution in [0.1, 0.15) is 49.7 Å². The molecule has 2 aromatic carbocycles. The second kappa shape index (κ2) is 9.30. The summed E-state index contributed by atoms with van der Waals surface area (Å²) in [7, 11) is -3.65. The number of rotatable bonds is 8. The molecule has 0 spiro atoms. The maximum atomic E-state index is 13.2. The normalized spacial score (nSPS) is 12.8. The lowest BCUT2D eigenvalue weighted by Gasteiger charge is -2.29. The van der Waals surface area contributed by atoms with Crippen molar-refractivity contribution in [3.63, 3.8) is 0 Å². The van der Waals surface area contributed by atoms with E-state index in [-0.39, 0.29) is 22.7 Å². The number of hydrogen-bond acceptors (Lipinski definition) is 3. The molecule has 0 aliphatic heterocycles. The Bertz CT molecular complexity index is 910. The van der Waals surface area contributed by atoms with E-state index in [1.807, 2.05) is 13.8 Å². The number of carbonyl (C=O) groups is 1. The monoisotopic (exact) mass is 406 g/mol. The fourth-order valence-corrected chi connectivity index (χ4v) is 4.69. The molecule has 28 heavy (non-hydrogen) atoms. The van der Waals surface area contributed by atoms with Crippen LogP contribution in [0.5, 0.6) is 0 Å². The molecule has 5 nitrogen and oxygen atoms in total. The van der Waals surface area contributed by atoms with Crippen LogP contribution < -0.4 is 0 Å². The summed E-state index contributed by atoms with van der Waals surface area (Å²) < 4.78 is 40.1. The fourth-order valence-electron chi connectivity index (χ4n) is 3.18. The standard InChI is InChI=1S/C21H27FN2O3S/c1-5-23(6-2)28(26,27)20-10-8-9-18(15-20)21(25)24(7-3)16(4)17-11-13-19(22)14-12-17/h8-16H,5-7H2,1-4H3.